The molecule has 1 aromatic carbocycles. The quantitative estimate of drug-likeness (QED) is 0.375. The molecule has 2 aliphatic rings. The highest BCUT2D eigenvalue weighted by Gasteiger charge is 2.42. The van der Waals surface area contributed by atoms with E-state index in [0.717, 1.165) is 11.3 Å². The van der Waals surface area contributed by atoms with Gasteiger partial charge in [-0.2, -0.15) is 5.26 Å². The summed E-state index contributed by atoms with van der Waals surface area (Å²) in [6, 6.07) is 13.1. The molecule has 176 valence electrons. The van der Waals surface area contributed by atoms with Gasteiger partial charge in [-0.15, -0.1) is 10.2 Å². The highest BCUT2D eigenvalue weighted by atomic mass is 32.2. The average molecular weight is 504 g/mol. The zero-order chi connectivity index (χ0) is 24.5. The van der Waals surface area contributed by atoms with Crippen LogP contribution in [0.1, 0.15) is 46.9 Å². The Morgan fingerprint density at radius 1 is 1.29 bits per heavy atom. The first-order valence-electron chi connectivity index (χ1n) is 11.0. The lowest BCUT2D eigenvalue weighted by Gasteiger charge is -2.37. The number of nitriles is 1. The van der Waals surface area contributed by atoms with Crippen molar-refractivity contribution in [2.24, 2.45) is 5.73 Å². The first-order valence-corrected chi connectivity index (χ1v) is 12.8. The Morgan fingerprint density at radius 3 is 2.80 bits per heavy atom. The van der Waals surface area contributed by atoms with Crippen LogP contribution < -0.4 is 10.6 Å². The van der Waals surface area contributed by atoms with Gasteiger partial charge >= 0.3 is 0 Å². The minimum Gasteiger partial charge on any atom is -0.468 e. The van der Waals surface area contributed by atoms with Crippen molar-refractivity contribution in [3.63, 3.8) is 0 Å². The number of aryl methyl sites for hydroxylation is 1. The summed E-state index contributed by atoms with van der Waals surface area (Å²) in [5.41, 5.74) is 9.74. The Labute approximate surface area is 210 Å². The second-order valence-electron chi connectivity index (χ2n) is 8.26. The van der Waals surface area contributed by atoms with E-state index in [2.05, 4.69) is 16.3 Å². The molecule has 5 rings (SSSR count). The van der Waals surface area contributed by atoms with E-state index in [-0.39, 0.29) is 28.7 Å². The molecule has 10 heteroatoms. The summed E-state index contributed by atoms with van der Waals surface area (Å²) in [7, 11) is 0. The molecule has 0 amide bonds. The monoisotopic (exact) mass is 503 g/mol. The number of carbonyl (C=O) groups excluding carboxylic acids is 2. The van der Waals surface area contributed by atoms with Crippen molar-refractivity contribution in [2.75, 3.05) is 10.7 Å². The molecular formula is C25H21N5O3S2. The lowest BCUT2D eigenvalue weighted by Crippen LogP contribution is -2.38. The average Bonchev–Trinajstić information content (AvgIpc) is 3.55. The Kier molecular flexibility index (Phi) is 6.28. The van der Waals surface area contributed by atoms with Gasteiger partial charge in [-0.3, -0.25) is 14.5 Å². The molecule has 1 unspecified atom stereocenters. The summed E-state index contributed by atoms with van der Waals surface area (Å²) in [6.07, 6.45) is 3.22. The van der Waals surface area contributed by atoms with Gasteiger partial charge < -0.3 is 10.2 Å². The Hall–Kier alpha value is -3.68. The number of carbonyl (C=O) groups is 2. The third-order valence-electron chi connectivity index (χ3n) is 6.03. The number of Topliss-reactive ketones (excluding diaryl/α,β-unsaturated/α-hetero) is 2. The minimum atomic E-state index is -0.636. The zero-order valence-corrected chi connectivity index (χ0v) is 20.5. The van der Waals surface area contributed by atoms with Crippen LogP contribution in [0.3, 0.4) is 0 Å². The second-order valence-corrected chi connectivity index (χ2v) is 10.4. The molecule has 0 saturated heterocycles. The number of ketones is 2. The standard InChI is InChI=1S/C25H21N5O3S2/c1-14-7-9-15(10-8-14)19(32)13-34-25-29-28-24(35-25)30-17-4-2-5-18(31)22(17)21(16(12-26)23(30)27)20-6-3-11-33-20/h3,6-11,21H,2,4-5,13,27H2,1H3. The normalized spacial score (nSPS) is 18.0. The predicted molar refractivity (Wildman–Crippen MR) is 133 cm³/mol. The fraction of sp³-hybridized carbons (Fsp3) is 0.240. The van der Waals surface area contributed by atoms with Crippen LogP contribution in [0.5, 0.6) is 0 Å². The van der Waals surface area contributed by atoms with Gasteiger partial charge in [-0.25, -0.2) is 0 Å². The van der Waals surface area contributed by atoms with Gasteiger partial charge in [0.05, 0.1) is 29.6 Å². The second kappa shape index (κ2) is 9.52. The fourth-order valence-corrected chi connectivity index (χ4v) is 6.12. The zero-order valence-electron chi connectivity index (χ0n) is 18.9. The maximum absolute atomic E-state index is 13.0. The van der Waals surface area contributed by atoms with Gasteiger partial charge in [0.1, 0.15) is 11.6 Å². The third-order valence-corrected chi connectivity index (χ3v) is 8.07. The number of benzene rings is 1. The van der Waals surface area contributed by atoms with Crippen LogP contribution in [0, 0.1) is 18.3 Å². The van der Waals surface area contributed by atoms with E-state index >= 15 is 0 Å². The molecule has 1 atom stereocenters. The molecule has 0 radical (unpaired) electrons. The molecule has 0 fully saturated rings. The van der Waals surface area contributed by atoms with Crippen molar-refractivity contribution in [3.05, 3.63) is 82.2 Å². The highest BCUT2D eigenvalue weighted by molar-refractivity contribution is 8.01. The maximum Gasteiger partial charge on any atom is 0.219 e. The van der Waals surface area contributed by atoms with Crippen LogP contribution in [0.2, 0.25) is 0 Å². The number of hydrogen-bond donors (Lipinski definition) is 1. The largest absolute Gasteiger partial charge is 0.468 e. The third kappa shape index (κ3) is 4.29. The summed E-state index contributed by atoms with van der Waals surface area (Å²) in [5, 5.41) is 19.0. The van der Waals surface area contributed by atoms with E-state index in [0.29, 0.717) is 45.6 Å². The topological polar surface area (TPSA) is 126 Å². The van der Waals surface area contributed by atoms with Crippen LogP contribution in [0.25, 0.3) is 0 Å². The van der Waals surface area contributed by atoms with Crippen molar-refractivity contribution in [1.82, 2.24) is 10.2 Å². The summed E-state index contributed by atoms with van der Waals surface area (Å²) >= 11 is 2.57. The van der Waals surface area contributed by atoms with Crippen LogP contribution in [0.15, 0.2) is 74.1 Å². The molecule has 2 N–H and O–H groups in total. The Bertz CT molecular complexity index is 1400. The number of anilines is 1. The summed E-state index contributed by atoms with van der Waals surface area (Å²) in [5.74, 6) is 0.281. The van der Waals surface area contributed by atoms with Crippen molar-refractivity contribution >= 4 is 39.8 Å². The van der Waals surface area contributed by atoms with Crippen LogP contribution in [-0.4, -0.2) is 27.5 Å². The molecule has 0 spiro atoms. The SMILES string of the molecule is Cc1ccc(C(=O)CSc2nnc(N3C(N)=C(C#N)C(c4ccco4)C4=C3CCCC4=O)s2)cc1. The number of hydrogen-bond acceptors (Lipinski definition) is 10. The molecule has 35 heavy (non-hydrogen) atoms. The number of allylic oxidation sites excluding steroid dienone is 3. The predicted octanol–water partition coefficient (Wildman–Crippen LogP) is 4.72. The molecule has 1 aliphatic heterocycles. The van der Waals surface area contributed by atoms with Gasteiger partial charge in [0, 0.05) is 23.3 Å². The van der Waals surface area contributed by atoms with E-state index < -0.39 is 5.92 Å². The number of rotatable bonds is 6. The van der Waals surface area contributed by atoms with Gasteiger partial charge in [-0.05, 0) is 31.9 Å². The lowest BCUT2D eigenvalue weighted by atomic mass is 9.78. The number of nitrogens with two attached hydrogens (primary N) is 1. The van der Waals surface area contributed by atoms with E-state index in [1.807, 2.05) is 31.2 Å². The summed E-state index contributed by atoms with van der Waals surface area (Å²) in [6.45, 7) is 1.97. The Balaban J connectivity index is 1.45. The summed E-state index contributed by atoms with van der Waals surface area (Å²) < 4.78 is 6.19. The fourth-order valence-electron chi connectivity index (χ4n) is 4.35. The van der Waals surface area contributed by atoms with Crippen molar-refractivity contribution in [1.29, 1.82) is 5.26 Å². The first kappa shape index (κ1) is 23.1. The van der Waals surface area contributed by atoms with Crippen molar-refractivity contribution < 1.29 is 14.0 Å². The molecular weight excluding hydrogens is 482 g/mol. The van der Waals surface area contributed by atoms with E-state index in [1.165, 1.54) is 29.4 Å². The van der Waals surface area contributed by atoms with Crippen molar-refractivity contribution in [2.45, 2.75) is 36.4 Å². The van der Waals surface area contributed by atoms with E-state index in [4.69, 9.17) is 10.2 Å². The first-order chi connectivity index (χ1) is 17.0. The van der Waals surface area contributed by atoms with Gasteiger partial charge in [0.25, 0.3) is 0 Å². The lowest BCUT2D eigenvalue weighted by molar-refractivity contribution is -0.116. The molecule has 8 nitrogen and oxygen atoms in total. The summed E-state index contributed by atoms with van der Waals surface area (Å²) in [4.78, 5) is 27.3. The van der Waals surface area contributed by atoms with E-state index in [9.17, 15) is 14.9 Å². The number of nitrogens with zero attached hydrogens (tertiary/aromatic N) is 4. The number of aromatic nitrogens is 2. The molecule has 3 aromatic rings. The number of thioether (sulfide) groups is 1. The van der Waals surface area contributed by atoms with Gasteiger partial charge in [-0.1, -0.05) is 52.9 Å². The van der Waals surface area contributed by atoms with Crippen LogP contribution in [0.4, 0.5) is 5.13 Å². The molecule has 0 saturated carbocycles. The minimum absolute atomic E-state index is 0.0000560. The highest BCUT2D eigenvalue weighted by Crippen LogP contribution is 2.47. The van der Waals surface area contributed by atoms with Crippen LogP contribution in [-0.2, 0) is 4.79 Å². The smallest absolute Gasteiger partial charge is 0.219 e. The molecule has 1 aliphatic carbocycles. The Morgan fingerprint density at radius 2 is 2.09 bits per heavy atom. The van der Waals surface area contributed by atoms with Gasteiger partial charge in [0.15, 0.2) is 15.9 Å². The van der Waals surface area contributed by atoms with Gasteiger partial charge in [0.2, 0.25) is 5.13 Å². The molecule has 3 heterocycles. The van der Waals surface area contributed by atoms with E-state index in [1.54, 1.807) is 17.0 Å². The van der Waals surface area contributed by atoms with Crippen LogP contribution >= 0.6 is 23.1 Å². The van der Waals surface area contributed by atoms with Crippen molar-refractivity contribution in [3.8, 4) is 6.07 Å². The molecule has 0 bridgehead atoms. The molecule has 2 aromatic heterocycles. The number of furan rings is 1. The maximum atomic E-state index is 13.0.